The maximum Gasteiger partial charge on any atom is 0.292 e. The van der Waals surface area contributed by atoms with Crippen molar-refractivity contribution in [3.8, 4) is 0 Å². The van der Waals surface area contributed by atoms with E-state index in [1.807, 2.05) is 0 Å². The fraction of sp³-hybridized carbons (Fsp3) is 0.111. The normalized spacial score (nSPS) is 11.8. The van der Waals surface area contributed by atoms with Crippen molar-refractivity contribution in [3.63, 3.8) is 0 Å². The highest BCUT2D eigenvalue weighted by Gasteiger charge is 2.12. The minimum atomic E-state index is -0.990. The molecule has 0 amide bonds. The Morgan fingerprint density at radius 2 is 2.21 bits per heavy atom. The summed E-state index contributed by atoms with van der Waals surface area (Å²) in [5.74, 6) is 0. The summed E-state index contributed by atoms with van der Waals surface area (Å²) in [4.78, 5) is 10.0. The molecule has 14 heavy (non-hydrogen) atoms. The molecule has 5 heteroatoms. The number of aliphatic hydroxyl groups excluding tert-OH is 1. The van der Waals surface area contributed by atoms with Gasteiger partial charge in [0.15, 0.2) is 0 Å². The lowest BCUT2D eigenvalue weighted by Crippen LogP contribution is -2.15. The van der Waals surface area contributed by atoms with Crippen molar-refractivity contribution >= 4 is 11.4 Å². The van der Waals surface area contributed by atoms with Crippen LogP contribution in [0.15, 0.2) is 36.9 Å². The first-order valence-corrected chi connectivity index (χ1v) is 3.95. The van der Waals surface area contributed by atoms with Crippen LogP contribution in [0.2, 0.25) is 0 Å². The first-order valence-electron chi connectivity index (χ1n) is 3.95. The Morgan fingerprint density at radius 3 is 2.79 bits per heavy atom. The number of para-hydroxylation sites is 2. The first kappa shape index (κ1) is 10.2. The summed E-state index contributed by atoms with van der Waals surface area (Å²) in [6.45, 7) is 3.35. The van der Waals surface area contributed by atoms with Crippen LogP contribution in [0.1, 0.15) is 0 Å². The molecule has 0 saturated heterocycles. The zero-order chi connectivity index (χ0) is 10.6. The number of nitrogens with zero attached hydrogens (tertiary/aromatic N) is 1. The van der Waals surface area contributed by atoms with E-state index >= 15 is 0 Å². The van der Waals surface area contributed by atoms with Gasteiger partial charge in [0, 0.05) is 6.07 Å². The monoisotopic (exact) mass is 194 g/mol. The smallest absolute Gasteiger partial charge is 0.292 e. The number of nitro groups is 1. The van der Waals surface area contributed by atoms with Crippen molar-refractivity contribution in [1.29, 1.82) is 0 Å². The van der Waals surface area contributed by atoms with Crippen LogP contribution in [-0.4, -0.2) is 16.3 Å². The quantitative estimate of drug-likeness (QED) is 0.329. The van der Waals surface area contributed by atoms with E-state index in [0.717, 1.165) is 0 Å². The fourth-order valence-corrected chi connectivity index (χ4v) is 0.973. The van der Waals surface area contributed by atoms with Gasteiger partial charge in [0.1, 0.15) is 11.9 Å². The summed E-state index contributed by atoms with van der Waals surface area (Å²) >= 11 is 0. The molecule has 0 radical (unpaired) electrons. The zero-order valence-corrected chi connectivity index (χ0v) is 7.38. The van der Waals surface area contributed by atoms with Gasteiger partial charge in [-0.15, -0.1) is 0 Å². The summed E-state index contributed by atoms with van der Waals surface area (Å²) in [5.41, 5.74) is 0.193. The van der Waals surface area contributed by atoms with Crippen LogP contribution < -0.4 is 5.32 Å². The Morgan fingerprint density at radius 1 is 1.57 bits per heavy atom. The highest BCUT2D eigenvalue weighted by molar-refractivity contribution is 5.61. The summed E-state index contributed by atoms with van der Waals surface area (Å²) in [7, 11) is 0. The molecule has 1 aromatic rings. The van der Waals surface area contributed by atoms with Crippen LogP contribution in [0.5, 0.6) is 0 Å². The lowest BCUT2D eigenvalue weighted by atomic mass is 10.2. The molecule has 0 aromatic heterocycles. The third kappa shape index (κ3) is 2.30. The molecule has 0 spiro atoms. The van der Waals surface area contributed by atoms with Crippen LogP contribution in [0, 0.1) is 10.1 Å². The predicted molar refractivity (Wildman–Crippen MR) is 52.9 cm³/mol. The molecule has 0 bridgehead atoms. The molecule has 0 heterocycles. The number of benzene rings is 1. The van der Waals surface area contributed by atoms with E-state index < -0.39 is 11.2 Å². The standard InChI is InChI=1S/C9H10N2O3/c1-2-9(12)10-7-5-3-4-6-8(7)11(13)14/h2-6,9-10,12H,1H2. The lowest BCUT2D eigenvalue weighted by Gasteiger charge is -2.09. The molecular weight excluding hydrogens is 184 g/mol. The van der Waals surface area contributed by atoms with Gasteiger partial charge in [-0.1, -0.05) is 18.7 Å². The number of nitrogens with one attached hydrogen (secondary N) is 1. The van der Waals surface area contributed by atoms with Gasteiger partial charge in [-0.05, 0) is 12.1 Å². The van der Waals surface area contributed by atoms with Gasteiger partial charge in [-0.2, -0.15) is 0 Å². The van der Waals surface area contributed by atoms with Gasteiger partial charge in [0.2, 0.25) is 0 Å². The average molecular weight is 194 g/mol. The molecule has 0 aliphatic rings. The molecule has 1 rings (SSSR count). The van der Waals surface area contributed by atoms with E-state index in [1.54, 1.807) is 12.1 Å². The van der Waals surface area contributed by atoms with Crippen LogP contribution in [0.3, 0.4) is 0 Å². The van der Waals surface area contributed by atoms with Gasteiger partial charge >= 0.3 is 0 Å². The molecule has 5 nitrogen and oxygen atoms in total. The zero-order valence-electron chi connectivity index (χ0n) is 7.38. The number of rotatable bonds is 4. The van der Waals surface area contributed by atoms with E-state index in [2.05, 4.69) is 11.9 Å². The number of nitro benzene ring substituents is 1. The topological polar surface area (TPSA) is 75.4 Å². The van der Waals surface area contributed by atoms with Crippen molar-refractivity contribution in [2.24, 2.45) is 0 Å². The van der Waals surface area contributed by atoms with Gasteiger partial charge in [0.25, 0.3) is 5.69 Å². The van der Waals surface area contributed by atoms with Crippen molar-refractivity contribution in [2.45, 2.75) is 6.23 Å². The summed E-state index contributed by atoms with van der Waals surface area (Å²) in [6.07, 6.45) is 0.257. The molecule has 1 aromatic carbocycles. The van der Waals surface area contributed by atoms with Crippen molar-refractivity contribution in [1.82, 2.24) is 0 Å². The van der Waals surface area contributed by atoms with Crippen LogP contribution in [0.25, 0.3) is 0 Å². The summed E-state index contributed by atoms with van der Waals surface area (Å²) in [6, 6.07) is 6.08. The van der Waals surface area contributed by atoms with Crippen molar-refractivity contribution in [3.05, 3.63) is 47.0 Å². The third-order valence-corrected chi connectivity index (χ3v) is 1.63. The Labute approximate surface area is 80.8 Å². The van der Waals surface area contributed by atoms with Gasteiger partial charge in [-0.3, -0.25) is 10.1 Å². The number of hydrogen-bond donors (Lipinski definition) is 2. The van der Waals surface area contributed by atoms with Gasteiger partial charge in [-0.25, -0.2) is 0 Å². The Bertz CT molecular complexity index is 352. The fourth-order valence-electron chi connectivity index (χ4n) is 0.973. The van der Waals surface area contributed by atoms with Crippen molar-refractivity contribution in [2.75, 3.05) is 5.32 Å². The van der Waals surface area contributed by atoms with Crippen LogP contribution >= 0.6 is 0 Å². The second-order valence-corrected chi connectivity index (χ2v) is 2.60. The minimum absolute atomic E-state index is 0.0756. The van der Waals surface area contributed by atoms with E-state index in [4.69, 9.17) is 5.11 Å². The summed E-state index contributed by atoms with van der Waals surface area (Å²) < 4.78 is 0. The Balaban J connectivity index is 2.95. The van der Waals surface area contributed by atoms with Gasteiger partial charge < -0.3 is 10.4 Å². The van der Waals surface area contributed by atoms with Crippen molar-refractivity contribution < 1.29 is 10.0 Å². The number of anilines is 1. The highest BCUT2D eigenvalue weighted by atomic mass is 16.6. The SMILES string of the molecule is C=CC(O)Nc1ccccc1[N+](=O)[O-]. The van der Waals surface area contributed by atoms with Gasteiger partial charge in [0.05, 0.1) is 4.92 Å². The molecule has 1 atom stereocenters. The second kappa shape index (κ2) is 4.38. The molecule has 0 saturated carbocycles. The number of aliphatic hydroxyl groups is 1. The maximum atomic E-state index is 10.5. The van der Waals surface area contributed by atoms with E-state index in [9.17, 15) is 10.1 Å². The minimum Gasteiger partial charge on any atom is -0.370 e. The van der Waals surface area contributed by atoms with E-state index in [0.29, 0.717) is 0 Å². The predicted octanol–water partition coefficient (Wildman–Crippen LogP) is 1.51. The number of hydrogen-bond acceptors (Lipinski definition) is 4. The Hall–Kier alpha value is -1.88. The highest BCUT2D eigenvalue weighted by Crippen LogP contribution is 2.23. The molecule has 1 unspecified atom stereocenters. The van der Waals surface area contributed by atoms with Crippen LogP contribution in [0.4, 0.5) is 11.4 Å². The average Bonchev–Trinajstić information content (AvgIpc) is 2.18. The van der Waals surface area contributed by atoms with Crippen LogP contribution in [-0.2, 0) is 0 Å². The largest absolute Gasteiger partial charge is 0.370 e. The molecule has 2 N–H and O–H groups in total. The molecular formula is C9H10N2O3. The second-order valence-electron chi connectivity index (χ2n) is 2.60. The molecule has 0 fully saturated rings. The van der Waals surface area contributed by atoms with E-state index in [1.165, 1.54) is 18.2 Å². The molecule has 74 valence electrons. The maximum absolute atomic E-state index is 10.5. The lowest BCUT2D eigenvalue weighted by molar-refractivity contribution is -0.384. The Kier molecular flexibility index (Phi) is 3.19. The summed E-state index contributed by atoms with van der Waals surface area (Å²) in [5, 5.41) is 22.3. The third-order valence-electron chi connectivity index (χ3n) is 1.63. The molecule has 0 aliphatic heterocycles. The van der Waals surface area contributed by atoms with E-state index in [-0.39, 0.29) is 11.4 Å². The first-order chi connectivity index (χ1) is 6.65. The molecule has 0 aliphatic carbocycles.